The molecule has 1 saturated heterocycles. The van der Waals surface area contributed by atoms with E-state index in [0.29, 0.717) is 43.2 Å². The summed E-state index contributed by atoms with van der Waals surface area (Å²) in [6.07, 6.45) is 0. The third-order valence-electron chi connectivity index (χ3n) is 4.91. The number of hydrogen-bond donors (Lipinski definition) is 0. The highest BCUT2D eigenvalue weighted by Gasteiger charge is 2.18. The average Bonchev–Trinajstić information content (AvgIpc) is 2.78. The number of esters is 1. The van der Waals surface area contributed by atoms with Crippen LogP contribution in [-0.2, 0) is 9.53 Å². The normalized spacial score (nSPS) is 13.8. The van der Waals surface area contributed by atoms with Crippen LogP contribution in [0.15, 0.2) is 57.7 Å². The number of aryl methyl sites for hydroxylation is 1. The van der Waals surface area contributed by atoms with Crippen molar-refractivity contribution in [3.8, 4) is 11.5 Å². The van der Waals surface area contributed by atoms with Gasteiger partial charge in [0.25, 0.3) is 5.91 Å². The van der Waals surface area contributed by atoms with E-state index < -0.39 is 11.6 Å². The second kappa shape index (κ2) is 9.01. The lowest BCUT2D eigenvalue weighted by Gasteiger charge is -2.26. The number of hydrogen-bond acceptors (Lipinski definition) is 7. The van der Waals surface area contributed by atoms with Crippen molar-refractivity contribution in [3.05, 3.63) is 70.1 Å². The molecule has 0 N–H and O–H groups in total. The van der Waals surface area contributed by atoms with E-state index in [2.05, 4.69) is 0 Å². The fraction of sp³-hybridized carbons (Fsp3) is 0.261. The minimum Gasteiger partial charge on any atom is -0.482 e. The van der Waals surface area contributed by atoms with Crippen molar-refractivity contribution in [1.82, 2.24) is 4.90 Å². The fourth-order valence-electron chi connectivity index (χ4n) is 3.31. The largest absolute Gasteiger partial charge is 0.482 e. The number of fused-ring (bicyclic) bond motifs is 1. The van der Waals surface area contributed by atoms with Crippen LogP contribution in [0.2, 0.25) is 0 Å². The summed E-state index contributed by atoms with van der Waals surface area (Å²) in [4.78, 5) is 37.8. The van der Waals surface area contributed by atoms with Crippen molar-refractivity contribution in [3.63, 3.8) is 0 Å². The van der Waals surface area contributed by atoms with Gasteiger partial charge in [0, 0.05) is 36.2 Å². The Labute approximate surface area is 177 Å². The van der Waals surface area contributed by atoms with Crippen molar-refractivity contribution >= 4 is 22.8 Å². The van der Waals surface area contributed by atoms with Crippen LogP contribution >= 0.6 is 0 Å². The summed E-state index contributed by atoms with van der Waals surface area (Å²) in [6, 6.07) is 12.8. The zero-order valence-corrected chi connectivity index (χ0v) is 17.0. The van der Waals surface area contributed by atoms with Crippen LogP contribution in [-0.4, -0.2) is 49.7 Å². The first-order chi connectivity index (χ1) is 15.0. The summed E-state index contributed by atoms with van der Waals surface area (Å²) in [5.74, 6) is 0.0205. The van der Waals surface area contributed by atoms with Crippen molar-refractivity contribution in [2.45, 2.75) is 6.92 Å². The Balaban J connectivity index is 1.34. The summed E-state index contributed by atoms with van der Waals surface area (Å²) >= 11 is 0. The monoisotopic (exact) mass is 423 g/mol. The van der Waals surface area contributed by atoms with Crippen LogP contribution in [0.25, 0.3) is 11.0 Å². The smallest absolute Gasteiger partial charge is 0.349 e. The van der Waals surface area contributed by atoms with Gasteiger partial charge in [0.15, 0.2) is 6.61 Å². The van der Waals surface area contributed by atoms with Gasteiger partial charge in [0.2, 0.25) is 0 Å². The van der Waals surface area contributed by atoms with E-state index in [1.54, 1.807) is 48.2 Å². The van der Waals surface area contributed by atoms with Crippen molar-refractivity contribution in [2.24, 2.45) is 0 Å². The molecule has 3 aromatic rings. The van der Waals surface area contributed by atoms with Crippen molar-refractivity contribution in [1.29, 1.82) is 0 Å². The van der Waals surface area contributed by atoms with Crippen LogP contribution < -0.4 is 15.1 Å². The number of nitrogens with zero attached hydrogens (tertiary/aromatic N) is 1. The van der Waals surface area contributed by atoms with Gasteiger partial charge in [-0.1, -0.05) is 0 Å². The predicted octanol–water partition coefficient (Wildman–Crippen LogP) is 2.56. The zero-order valence-electron chi connectivity index (χ0n) is 17.0. The molecule has 4 rings (SSSR count). The molecule has 1 aliphatic heterocycles. The maximum atomic E-state index is 12.4. The maximum absolute atomic E-state index is 12.4. The molecule has 0 bridgehead atoms. The Hall–Kier alpha value is -3.65. The van der Waals surface area contributed by atoms with Gasteiger partial charge in [-0.3, -0.25) is 4.79 Å². The van der Waals surface area contributed by atoms with E-state index in [-0.39, 0.29) is 18.3 Å². The van der Waals surface area contributed by atoms with E-state index in [4.69, 9.17) is 18.6 Å². The van der Waals surface area contributed by atoms with Crippen LogP contribution in [0.4, 0.5) is 0 Å². The van der Waals surface area contributed by atoms with Gasteiger partial charge in [-0.2, -0.15) is 0 Å². The first-order valence-corrected chi connectivity index (χ1v) is 9.85. The molecule has 8 heteroatoms. The Kier molecular flexibility index (Phi) is 5.99. The number of morpholine rings is 1. The Morgan fingerprint density at radius 1 is 1.00 bits per heavy atom. The average molecular weight is 423 g/mol. The molecule has 1 aliphatic rings. The highest BCUT2D eigenvalue weighted by atomic mass is 16.6. The third-order valence-corrected chi connectivity index (χ3v) is 4.91. The van der Waals surface area contributed by atoms with Gasteiger partial charge in [0.05, 0.1) is 13.2 Å². The number of carbonyl (C=O) groups excluding carboxylic acids is 2. The quantitative estimate of drug-likeness (QED) is 0.354. The first kappa shape index (κ1) is 20.6. The van der Waals surface area contributed by atoms with Crippen LogP contribution in [0, 0.1) is 6.92 Å². The minimum atomic E-state index is -0.609. The van der Waals surface area contributed by atoms with Crippen LogP contribution in [0.1, 0.15) is 15.9 Å². The summed E-state index contributed by atoms with van der Waals surface area (Å²) < 4.78 is 21.1. The maximum Gasteiger partial charge on any atom is 0.349 e. The molecule has 8 nitrogen and oxygen atoms in total. The lowest BCUT2D eigenvalue weighted by atomic mass is 10.1. The van der Waals surface area contributed by atoms with Crippen molar-refractivity contribution < 1.29 is 28.2 Å². The number of rotatable bonds is 5. The molecule has 0 saturated carbocycles. The molecule has 1 fully saturated rings. The molecular formula is C23H21NO7. The molecular weight excluding hydrogens is 402 g/mol. The van der Waals surface area contributed by atoms with Gasteiger partial charge in [-0.15, -0.1) is 0 Å². The lowest BCUT2D eigenvalue weighted by molar-refractivity contribution is -0.136. The van der Waals surface area contributed by atoms with Gasteiger partial charge >= 0.3 is 11.6 Å². The molecule has 0 spiro atoms. The number of benzene rings is 2. The van der Waals surface area contributed by atoms with E-state index in [1.165, 1.54) is 12.1 Å². The second-order valence-electron chi connectivity index (χ2n) is 7.10. The van der Waals surface area contributed by atoms with Crippen LogP contribution in [0.3, 0.4) is 0 Å². The molecule has 1 amide bonds. The van der Waals surface area contributed by atoms with E-state index in [0.717, 1.165) is 10.9 Å². The highest BCUT2D eigenvalue weighted by molar-refractivity contribution is 5.94. The van der Waals surface area contributed by atoms with Gasteiger partial charge in [0.1, 0.15) is 17.1 Å². The number of carbonyl (C=O) groups is 2. The first-order valence-electron chi connectivity index (χ1n) is 9.85. The molecule has 1 aromatic heterocycles. The Bertz CT molecular complexity index is 1160. The predicted molar refractivity (Wildman–Crippen MR) is 112 cm³/mol. The molecule has 0 radical (unpaired) electrons. The highest BCUT2D eigenvalue weighted by Crippen LogP contribution is 2.22. The molecule has 0 unspecified atom stereocenters. The fourth-order valence-corrected chi connectivity index (χ4v) is 3.31. The molecule has 2 heterocycles. The van der Waals surface area contributed by atoms with E-state index in [9.17, 15) is 14.4 Å². The van der Waals surface area contributed by atoms with Gasteiger partial charge in [-0.05, 0) is 48.9 Å². The molecule has 31 heavy (non-hydrogen) atoms. The summed E-state index contributed by atoms with van der Waals surface area (Å²) in [5, 5.41) is 0.766. The number of amides is 1. The minimum absolute atomic E-state index is 0.0625. The molecule has 0 atom stereocenters. The van der Waals surface area contributed by atoms with Crippen molar-refractivity contribution in [2.75, 3.05) is 32.9 Å². The Morgan fingerprint density at radius 3 is 2.45 bits per heavy atom. The standard InChI is InChI=1S/C23H21NO7/c1-15-12-21(25)31-20-13-18(6-7-19(15)20)30-22(26)14-29-17-4-2-16(3-5-17)23(27)24-8-10-28-11-9-24/h2-7,12-13H,8-11,14H2,1H3. The van der Waals surface area contributed by atoms with Gasteiger partial charge in [-0.25, -0.2) is 9.59 Å². The second-order valence-corrected chi connectivity index (χ2v) is 7.10. The SMILES string of the molecule is Cc1cc(=O)oc2cc(OC(=O)COc3ccc(C(=O)N4CCOCC4)cc3)ccc12. The van der Waals surface area contributed by atoms with E-state index in [1.807, 2.05) is 0 Å². The lowest BCUT2D eigenvalue weighted by Crippen LogP contribution is -2.40. The van der Waals surface area contributed by atoms with Gasteiger partial charge < -0.3 is 23.5 Å². The summed E-state index contributed by atoms with van der Waals surface area (Å²) in [7, 11) is 0. The van der Waals surface area contributed by atoms with Crippen LogP contribution in [0.5, 0.6) is 11.5 Å². The molecule has 160 valence electrons. The summed E-state index contributed by atoms with van der Waals surface area (Å²) in [5.41, 5.74) is 1.21. The summed E-state index contributed by atoms with van der Waals surface area (Å²) in [6.45, 7) is 3.71. The van der Waals surface area contributed by atoms with E-state index >= 15 is 0 Å². The molecule has 0 aliphatic carbocycles. The number of ether oxygens (including phenoxy) is 3. The third kappa shape index (κ3) is 4.92. The zero-order chi connectivity index (χ0) is 21.8. The Morgan fingerprint density at radius 2 is 1.71 bits per heavy atom. The molecule has 2 aromatic carbocycles. The topological polar surface area (TPSA) is 95.3 Å².